The first-order chi connectivity index (χ1) is 13.2. The zero-order valence-electron chi connectivity index (χ0n) is 14.2. The van der Waals surface area contributed by atoms with Gasteiger partial charge < -0.3 is 4.42 Å². The summed E-state index contributed by atoms with van der Waals surface area (Å²) in [5, 5.41) is 7.93. The van der Waals surface area contributed by atoms with E-state index in [-0.39, 0.29) is 33.3 Å². The minimum Gasteiger partial charge on any atom is -0.457 e. The van der Waals surface area contributed by atoms with E-state index in [1.807, 2.05) is 0 Å². The molecule has 2 aliphatic heterocycles. The number of aliphatic imine (C=N–C) groups is 1. The molecule has 28 heavy (non-hydrogen) atoms. The summed E-state index contributed by atoms with van der Waals surface area (Å²) in [6.07, 6.45) is 2.27. The van der Waals surface area contributed by atoms with Gasteiger partial charge in [-0.3, -0.25) is 10.2 Å². The molecular formula is C17H11FN4O4S2. The molecule has 0 saturated heterocycles. The third-order valence-electron chi connectivity index (χ3n) is 3.87. The SMILES string of the molecule is CS(=O)(=O)C1=NSC2=NC(=O)/C(=C\c3ccc(-c4ccc(F)cc4)o3)C(=N)N21. The van der Waals surface area contributed by atoms with E-state index < -0.39 is 15.7 Å². The zero-order chi connectivity index (χ0) is 20.1. The summed E-state index contributed by atoms with van der Waals surface area (Å²) < 4.78 is 46.2. The lowest BCUT2D eigenvalue weighted by Gasteiger charge is -2.23. The van der Waals surface area contributed by atoms with Gasteiger partial charge >= 0.3 is 0 Å². The molecular weight excluding hydrogens is 407 g/mol. The summed E-state index contributed by atoms with van der Waals surface area (Å²) in [7, 11) is -3.71. The molecule has 0 unspecified atom stereocenters. The Bertz CT molecular complexity index is 1210. The summed E-state index contributed by atoms with van der Waals surface area (Å²) in [5.74, 6) is -0.728. The Kier molecular flexibility index (Phi) is 4.27. The Morgan fingerprint density at radius 1 is 1.21 bits per heavy atom. The van der Waals surface area contributed by atoms with Gasteiger partial charge in [-0.15, -0.1) is 0 Å². The molecule has 1 amide bonds. The number of carbonyl (C=O) groups is 1. The van der Waals surface area contributed by atoms with Crippen LogP contribution in [0.1, 0.15) is 5.76 Å². The first kappa shape index (κ1) is 18.3. The standard InChI is InChI=1S/C17H11FN4O4S2/c1-28(24,25)17-21-27-16-20-15(23)12(14(19)22(16)17)8-11-6-7-13(26-11)9-2-4-10(18)5-3-9/h2-8,19H,1H3/b12-8-,19-14?. The Morgan fingerprint density at radius 3 is 2.61 bits per heavy atom. The number of hydrogen-bond donors (Lipinski definition) is 1. The molecule has 1 aromatic carbocycles. The molecule has 1 aromatic heterocycles. The van der Waals surface area contributed by atoms with Gasteiger partial charge in [0.15, 0.2) is 0 Å². The number of sulfone groups is 1. The average molecular weight is 418 g/mol. The molecule has 0 fully saturated rings. The molecule has 0 spiro atoms. The van der Waals surface area contributed by atoms with Gasteiger partial charge in [-0.05, 0) is 42.5 Å². The number of halogens is 1. The highest BCUT2D eigenvalue weighted by Gasteiger charge is 2.41. The van der Waals surface area contributed by atoms with Crippen LogP contribution in [0.5, 0.6) is 0 Å². The second kappa shape index (κ2) is 6.53. The average Bonchev–Trinajstić information content (AvgIpc) is 3.26. The maximum Gasteiger partial charge on any atom is 0.283 e. The van der Waals surface area contributed by atoms with E-state index in [2.05, 4.69) is 9.39 Å². The highest BCUT2D eigenvalue weighted by molar-refractivity contribution is 8.16. The maximum absolute atomic E-state index is 13.1. The van der Waals surface area contributed by atoms with Crippen molar-refractivity contribution in [2.45, 2.75) is 0 Å². The Morgan fingerprint density at radius 2 is 1.93 bits per heavy atom. The highest BCUT2D eigenvalue weighted by atomic mass is 32.2. The minimum atomic E-state index is -3.71. The van der Waals surface area contributed by atoms with Gasteiger partial charge in [-0.1, -0.05) is 0 Å². The van der Waals surface area contributed by atoms with Crippen molar-refractivity contribution in [3.05, 3.63) is 53.5 Å². The third-order valence-corrected chi connectivity index (χ3v) is 5.62. The first-order valence-electron chi connectivity index (χ1n) is 7.78. The van der Waals surface area contributed by atoms with Crippen LogP contribution in [0.25, 0.3) is 17.4 Å². The molecule has 0 bridgehead atoms. The van der Waals surface area contributed by atoms with Crippen LogP contribution >= 0.6 is 11.9 Å². The van der Waals surface area contributed by atoms with Crippen LogP contribution in [0.3, 0.4) is 0 Å². The second-order valence-corrected chi connectivity index (χ2v) is 8.53. The molecule has 2 aliphatic rings. The Balaban J connectivity index is 1.69. The number of fused-ring (bicyclic) bond motifs is 1. The highest BCUT2D eigenvalue weighted by Crippen LogP contribution is 2.30. The van der Waals surface area contributed by atoms with Crippen molar-refractivity contribution < 1.29 is 22.0 Å². The maximum atomic E-state index is 13.1. The molecule has 142 valence electrons. The van der Waals surface area contributed by atoms with E-state index in [0.717, 1.165) is 23.1 Å². The molecule has 2 aromatic rings. The van der Waals surface area contributed by atoms with Crippen LogP contribution in [-0.2, 0) is 14.6 Å². The lowest BCUT2D eigenvalue weighted by Crippen LogP contribution is -2.45. The van der Waals surface area contributed by atoms with Crippen molar-refractivity contribution in [3.8, 4) is 11.3 Å². The topological polar surface area (TPSA) is 116 Å². The van der Waals surface area contributed by atoms with Crippen LogP contribution in [0.15, 0.2) is 55.8 Å². The third kappa shape index (κ3) is 3.18. The summed E-state index contributed by atoms with van der Waals surface area (Å²) in [6, 6.07) is 8.90. The monoisotopic (exact) mass is 418 g/mol. The quantitative estimate of drug-likeness (QED) is 0.592. The number of amides is 1. The molecule has 0 saturated carbocycles. The number of nitrogens with zero attached hydrogens (tertiary/aromatic N) is 3. The van der Waals surface area contributed by atoms with E-state index >= 15 is 0 Å². The van der Waals surface area contributed by atoms with Crippen molar-refractivity contribution in [2.24, 2.45) is 9.39 Å². The first-order valence-corrected chi connectivity index (χ1v) is 10.4. The number of rotatable bonds is 2. The van der Waals surface area contributed by atoms with Gasteiger partial charge in [-0.25, -0.2) is 17.7 Å². The summed E-state index contributed by atoms with van der Waals surface area (Å²) >= 11 is 0.721. The van der Waals surface area contributed by atoms with E-state index in [0.29, 0.717) is 11.3 Å². The molecule has 0 aliphatic carbocycles. The summed E-state index contributed by atoms with van der Waals surface area (Å²) in [4.78, 5) is 17.1. The Labute approximate surface area is 163 Å². The molecule has 3 heterocycles. The van der Waals surface area contributed by atoms with E-state index in [1.165, 1.54) is 18.2 Å². The van der Waals surface area contributed by atoms with Crippen molar-refractivity contribution in [1.29, 1.82) is 5.41 Å². The van der Waals surface area contributed by atoms with Crippen molar-refractivity contribution in [1.82, 2.24) is 4.90 Å². The molecule has 1 N–H and O–H groups in total. The number of furan rings is 1. The van der Waals surface area contributed by atoms with Gasteiger partial charge in [-0.2, -0.15) is 9.39 Å². The fourth-order valence-corrected chi connectivity index (χ4v) is 4.42. The predicted molar refractivity (Wildman–Crippen MR) is 104 cm³/mol. The number of nitrogens with one attached hydrogen (secondary N) is 1. The number of hydrogen-bond acceptors (Lipinski definition) is 7. The summed E-state index contributed by atoms with van der Waals surface area (Å²) in [6.45, 7) is 0. The number of carbonyl (C=O) groups excluding carboxylic acids is 1. The van der Waals surface area contributed by atoms with Crippen LogP contribution in [0.2, 0.25) is 0 Å². The predicted octanol–water partition coefficient (Wildman–Crippen LogP) is 2.71. The lowest BCUT2D eigenvalue weighted by molar-refractivity contribution is -0.114. The van der Waals surface area contributed by atoms with Gasteiger partial charge in [0, 0.05) is 11.8 Å². The molecule has 4 rings (SSSR count). The Hall–Kier alpha value is -3.05. The van der Waals surface area contributed by atoms with Crippen LogP contribution in [-0.4, -0.2) is 41.7 Å². The smallest absolute Gasteiger partial charge is 0.283 e. The summed E-state index contributed by atoms with van der Waals surface area (Å²) in [5.41, 5.74) is 0.501. The molecule has 8 nitrogen and oxygen atoms in total. The van der Waals surface area contributed by atoms with Gasteiger partial charge in [0.05, 0.1) is 17.5 Å². The largest absolute Gasteiger partial charge is 0.457 e. The molecule has 0 atom stereocenters. The van der Waals surface area contributed by atoms with Crippen molar-refractivity contribution in [3.63, 3.8) is 0 Å². The second-order valence-electron chi connectivity index (χ2n) is 5.89. The number of benzene rings is 1. The molecule has 11 heteroatoms. The van der Waals surface area contributed by atoms with Crippen LogP contribution in [0.4, 0.5) is 4.39 Å². The van der Waals surface area contributed by atoms with Crippen molar-refractivity contribution in [2.75, 3.05) is 6.26 Å². The van der Waals surface area contributed by atoms with E-state index in [9.17, 15) is 17.6 Å². The fourth-order valence-electron chi connectivity index (χ4n) is 2.58. The lowest BCUT2D eigenvalue weighted by atomic mass is 10.1. The van der Waals surface area contributed by atoms with Gasteiger partial charge in [0.25, 0.3) is 5.91 Å². The van der Waals surface area contributed by atoms with Crippen LogP contribution in [0, 0.1) is 11.2 Å². The fraction of sp³-hybridized carbons (Fsp3) is 0.0588. The van der Waals surface area contributed by atoms with Crippen molar-refractivity contribution >= 4 is 49.9 Å². The van der Waals surface area contributed by atoms with Gasteiger partial charge in [0.2, 0.25) is 20.2 Å². The zero-order valence-corrected chi connectivity index (χ0v) is 15.8. The van der Waals surface area contributed by atoms with Gasteiger partial charge in [0.1, 0.15) is 23.2 Å². The normalized spacial score (nSPS) is 18.4. The van der Waals surface area contributed by atoms with E-state index in [1.54, 1.807) is 24.3 Å². The molecule has 0 radical (unpaired) electrons. The number of amidine groups is 3. The van der Waals surface area contributed by atoms with E-state index in [4.69, 9.17) is 9.83 Å². The minimum absolute atomic E-state index is 0.0130. The van der Waals surface area contributed by atoms with Crippen LogP contribution < -0.4 is 0 Å².